The molecule has 1 heterocycles. The van der Waals surface area contributed by atoms with Gasteiger partial charge in [-0.05, 0) is 32.9 Å². The van der Waals surface area contributed by atoms with Crippen LogP contribution in [0.2, 0.25) is 0 Å². The molecule has 2 rings (SSSR count). The largest absolute Gasteiger partial charge is 0.496 e. The average molecular weight is 285 g/mol. The summed E-state index contributed by atoms with van der Waals surface area (Å²) in [5, 5.41) is 3.44. The summed E-state index contributed by atoms with van der Waals surface area (Å²) in [6.07, 6.45) is 2.49. The van der Waals surface area contributed by atoms with Crippen LogP contribution in [0.1, 0.15) is 37.9 Å². The molecule has 4 heteroatoms. The molecule has 2 aromatic rings. The fourth-order valence-electron chi connectivity index (χ4n) is 2.00. The van der Waals surface area contributed by atoms with Gasteiger partial charge < -0.3 is 10.1 Å². The molecule has 0 radical (unpaired) electrons. The maximum absolute atomic E-state index is 5.37. The van der Waals surface area contributed by atoms with Crippen molar-refractivity contribution in [2.24, 2.45) is 0 Å². The molecule has 0 amide bonds. The van der Waals surface area contributed by atoms with Gasteiger partial charge in [0.15, 0.2) is 0 Å². The summed E-state index contributed by atoms with van der Waals surface area (Å²) < 4.78 is 5.37. The Morgan fingerprint density at radius 3 is 2.62 bits per heavy atom. The zero-order valence-corrected chi connectivity index (χ0v) is 13.2. The lowest BCUT2D eigenvalue weighted by atomic mass is 10.1. The second-order valence-electron chi connectivity index (χ2n) is 6.06. The van der Waals surface area contributed by atoms with Crippen molar-refractivity contribution in [3.63, 3.8) is 0 Å². The van der Waals surface area contributed by atoms with Crippen LogP contribution in [0.3, 0.4) is 0 Å². The first-order valence-corrected chi connectivity index (χ1v) is 7.15. The van der Waals surface area contributed by atoms with Gasteiger partial charge in [-0.15, -0.1) is 0 Å². The summed E-state index contributed by atoms with van der Waals surface area (Å²) in [5.74, 6) is 1.69. The molecule has 112 valence electrons. The van der Waals surface area contributed by atoms with Crippen LogP contribution >= 0.6 is 0 Å². The highest BCUT2D eigenvalue weighted by Gasteiger charge is 2.10. The molecule has 1 N–H and O–H groups in total. The molecular weight excluding hydrogens is 262 g/mol. The Hall–Kier alpha value is -1.94. The molecule has 0 aliphatic rings. The van der Waals surface area contributed by atoms with Crippen LogP contribution in [0.25, 0.3) is 0 Å². The van der Waals surface area contributed by atoms with E-state index in [9.17, 15) is 0 Å². The minimum atomic E-state index is 0.0771. The normalized spacial score (nSPS) is 11.4. The predicted octanol–water partition coefficient (Wildman–Crippen LogP) is 2.96. The number of hydrogen-bond donors (Lipinski definition) is 1. The molecule has 0 saturated carbocycles. The van der Waals surface area contributed by atoms with Crippen molar-refractivity contribution < 1.29 is 4.74 Å². The SMILES string of the molecule is COc1ccccc1Cc1nccc(CNC(C)(C)C)n1. The summed E-state index contributed by atoms with van der Waals surface area (Å²) in [6, 6.07) is 9.92. The minimum absolute atomic E-state index is 0.0771. The van der Waals surface area contributed by atoms with E-state index >= 15 is 0 Å². The maximum atomic E-state index is 5.37. The topological polar surface area (TPSA) is 47.0 Å². The molecule has 0 fully saturated rings. The molecule has 0 atom stereocenters. The third-order valence-electron chi connectivity index (χ3n) is 3.10. The summed E-state index contributed by atoms with van der Waals surface area (Å²) in [4.78, 5) is 8.98. The number of para-hydroxylation sites is 1. The van der Waals surface area contributed by atoms with E-state index in [4.69, 9.17) is 4.74 Å². The fourth-order valence-corrected chi connectivity index (χ4v) is 2.00. The molecular formula is C17H23N3O. The molecule has 0 bridgehead atoms. The second kappa shape index (κ2) is 6.68. The zero-order valence-electron chi connectivity index (χ0n) is 13.2. The van der Waals surface area contributed by atoms with E-state index < -0.39 is 0 Å². The van der Waals surface area contributed by atoms with Crippen molar-refractivity contribution >= 4 is 0 Å². The highest BCUT2D eigenvalue weighted by atomic mass is 16.5. The van der Waals surface area contributed by atoms with Crippen LogP contribution in [0.15, 0.2) is 36.5 Å². The van der Waals surface area contributed by atoms with Gasteiger partial charge in [0.1, 0.15) is 11.6 Å². The Balaban J connectivity index is 2.10. The Morgan fingerprint density at radius 2 is 1.90 bits per heavy atom. The van der Waals surface area contributed by atoms with Gasteiger partial charge in [-0.2, -0.15) is 0 Å². The average Bonchev–Trinajstić information content (AvgIpc) is 2.45. The lowest BCUT2D eigenvalue weighted by molar-refractivity contribution is 0.410. The van der Waals surface area contributed by atoms with E-state index in [1.807, 2.05) is 36.5 Å². The molecule has 0 aliphatic heterocycles. The minimum Gasteiger partial charge on any atom is -0.496 e. The number of aromatic nitrogens is 2. The first-order valence-electron chi connectivity index (χ1n) is 7.15. The smallest absolute Gasteiger partial charge is 0.133 e. The second-order valence-corrected chi connectivity index (χ2v) is 6.06. The van der Waals surface area contributed by atoms with Crippen molar-refractivity contribution in [2.45, 2.75) is 39.3 Å². The summed E-state index contributed by atoms with van der Waals surface area (Å²) in [7, 11) is 1.68. The number of rotatable bonds is 5. The van der Waals surface area contributed by atoms with Crippen molar-refractivity contribution in [3.8, 4) is 5.75 Å². The summed E-state index contributed by atoms with van der Waals surface area (Å²) in [6.45, 7) is 7.17. The number of methoxy groups -OCH3 is 1. The molecule has 0 spiro atoms. The van der Waals surface area contributed by atoms with Crippen LogP contribution in [0, 0.1) is 0 Å². The van der Waals surface area contributed by atoms with Gasteiger partial charge >= 0.3 is 0 Å². The molecule has 21 heavy (non-hydrogen) atoms. The number of nitrogens with zero attached hydrogens (tertiary/aromatic N) is 2. The monoisotopic (exact) mass is 285 g/mol. The third-order valence-corrected chi connectivity index (χ3v) is 3.10. The Kier molecular flexibility index (Phi) is 4.91. The highest BCUT2D eigenvalue weighted by Crippen LogP contribution is 2.19. The van der Waals surface area contributed by atoms with E-state index in [0.29, 0.717) is 6.42 Å². The van der Waals surface area contributed by atoms with E-state index in [0.717, 1.165) is 29.4 Å². The Morgan fingerprint density at radius 1 is 1.14 bits per heavy atom. The molecule has 0 aliphatic carbocycles. The Bertz CT molecular complexity index is 591. The quantitative estimate of drug-likeness (QED) is 0.917. The van der Waals surface area contributed by atoms with Crippen LogP contribution in [0.5, 0.6) is 5.75 Å². The van der Waals surface area contributed by atoms with Gasteiger partial charge in [0.25, 0.3) is 0 Å². The van der Waals surface area contributed by atoms with E-state index in [1.54, 1.807) is 7.11 Å². The van der Waals surface area contributed by atoms with Crippen molar-refractivity contribution in [1.82, 2.24) is 15.3 Å². The predicted molar refractivity (Wildman–Crippen MR) is 84.4 cm³/mol. The molecule has 0 saturated heterocycles. The van der Waals surface area contributed by atoms with Crippen LogP contribution in [-0.4, -0.2) is 22.6 Å². The van der Waals surface area contributed by atoms with Crippen molar-refractivity contribution in [1.29, 1.82) is 0 Å². The van der Waals surface area contributed by atoms with Gasteiger partial charge in [-0.1, -0.05) is 18.2 Å². The van der Waals surface area contributed by atoms with E-state index in [2.05, 4.69) is 36.1 Å². The summed E-state index contributed by atoms with van der Waals surface area (Å²) >= 11 is 0. The maximum Gasteiger partial charge on any atom is 0.133 e. The van der Waals surface area contributed by atoms with E-state index in [1.165, 1.54) is 0 Å². The molecule has 1 aromatic carbocycles. The van der Waals surface area contributed by atoms with Crippen molar-refractivity contribution in [2.75, 3.05) is 7.11 Å². The number of hydrogen-bond acceptors (Lipinski definition) is 4. The highest BCUT2D eigenvalue weighted by molar-refractivity contribution is 5.35. The van der Waals surface area contributed by atoms with Gasteiger partial charge in [-0.3, -0.25) is 0 Å². The number of nitrogens with one attached hydrogen (secondary N) is 1. The van der Waals surface area contributed by atoms with Gasteiger partial charge in [-0.25, -0.2) is 9.97 Å². The summed E-state index contributed by atoms with van der Waals surface area (Å²) in [5.41, 5.74) is 2.18. The fraction of sp³-hybridized carbons (Fsp3) is 0.412. The first-order chi connectivity index (χ1) is 9.98. The van der Waals surface area contributed by atoms with Gasteiger partial charge in [0.05, 0.1) is 12.8 Å². The molecule has 4 nitrogen and oxygen atoms in total. The number of benzene rings is 1. The van der Waals surface area contributed by atoms with Crippen LogP contribution in [-0.2, 0) is 13.0 Å². The van der Waals surface area contributed by atoms with Gasteiger partial charge in [0.2, 0.25) is 0 Å². The number of ether oxygens (including phenoxy) is 1. The molecule has 1 aromatic heterocycles. The first kappa shape index (κ1) is 15.4. The van der Waals surface area contributed by atoms with Crippen LogP contribution in [0.4, 0.5) is 0 Å². The zero-order chi connectivity index (χ0) is 15.3. The Labute approximate surface area is 126 Å². The van der Waals surface area contributed by atoms with Gasteiger partial charge in [0, 0.05) is 30.3 Å². The van der Waals surface area contributed by atoms with Crippen molar-refractivity contribution in [3.05, 3.63) is 53.6 Å². The van der Waals surface area contributed by atoms with E-state index in [-0.39, 0.29) is 5.54 Å². The lowest BCUT2D eigenvalue weighted by Crippen LogP contribution is -2.35. The standard InChI is InChI=1S/C17H23N3O/c1-17(2,3)19-12-14-9-10-18-16(20-14)11-13-7-5-6-8-15(13)21-4/h5-10,19H,11-12H2,1-4H3. The lowest BCUT2D eigenvalue weighted by Gasteiger charge is -2.20. The third kappa shape index (κ3) is 4.83. The van der Waals surface area contributed by atoms with Crippen LogP contribution < -0.4 is 10.1 Å². The molecule has 0 unspecified atom stereocenters.